The number of likely N-dealkylation sites (N-methyl/N-ethyl adjacent to an activating group) is 1. The number of benzene rings is 1. The van der Waals surface area contributed by atoms with Gasteiger partial charge in [0, 0.05) is 18.3 Å². The van der Waals surface area contributed by atoms with E-state index in [1.165, 1.54) is 11.3 Å². The zero-order valence-electron chi connectivity index (χ0n) is 13.2. The lowest BCUT2D eigenvalue weighted by Gasteiger charge is -2.17. The van der Waals surface area contributed by atoms with Gasteiger partial charge in [0.25, 0.3) is 0 Å². The molecule has 0 spiro atoms. The highest BCUT2D eigenvalue weighted by molar-refractivity contribution is 7.16. The molecule has 0 radical (unpaired) electrons. The quantitative estimate of drug-likeness (QED) is 0.781. The maximum atomic E-state index is 12.5. The fourth-order valence-corrected chi connectivity index (χ4v) is 3.88. The fraction of sp³-hybridized carbons (Fsp3) is 0.353. The minimum absolute atomic E-state index is 0.00470. The highest BCUT2D eigenvalue weighted by atomic mass is 35.5. The molecule has 1 aliphatic heterocycles. The Kier molecular flexibility index (Phi) is 5.54. The molecular formula is C17H17Cl2NO3S. The first-order valence-electron chi connectivity index (χ1n) is 7.59. The second kappa shape index (κ2) is 7.64. The third-order valence-corrected chi connectivity index (χ3v) is 5.16. The van der Waals surface area contributed by atoms with Gasteiger partial charge in [0.15, 0.2) is 11.5 Å². The van der Waals surface area contributed by atoms with Gasteiger partial charge in [-0.05, 0) is 29.8 Å². The predicted octanol–water partition coefficient (Wildman–Crippen LogP) is 4.42. The Bertz CT molecular complexity index is 747. The normalized spacial score (nSPS) is 13.5. The van der Waals surface area contributed by atoms with Crippen LogP contribution in [0.3, 0.4) is 0 Å². The van der Waals surface area contributed by atoms with E-state index in [-0.39, 0.29) is 12.3 Å². The summed E-state index contributed by atoms with van der Waals surface area (Å²) in [6, 6.07) is 7.37. The summed E-state index contributed by atoms with van der Waals surface area (Å²) < 4.78 is 12.0. The monoisotopic (exact) mass is 385 g/mol. The molecular weight excluding hydrogens is 369 g/mol. The second-order valence-electron chi connectivity index (χ2n) is 5.59. The Labute approximate surface area is 154 Å². The van der Waals surface area contributed by atoms with E-state index in [9.17, 15) is 4.79 Å². The van der Waals surface area contributed by atoms with Crippen molar-refractivity contribution >= 4 is 40.4 Å². The number of hydrogen-bond acceptors (Lipinski definition) is 4. The van der Waals surface area contributed by atoms with Gasteiger partial charge in [-0.3, -0.25) is 4.79 Å². The van der Waals surface area contributed by atoms with Crippen LogP contribution in [-0.4, -0.2) is 31.1 Å². The van der Waals surface area contributed by atoms with E-state index >= 15 is 0 Å². The Morgan fingerprint density at radius 1 is 1.25 bits per heavy atom. The number of ether oxygens (including phenoxy) is 2. The zero-order chi connectivity index (χ0) is 17.1. The topological polar surface area (TPSA) is 38.8 Å². The number of amides is 1. The molecule has 4 nitrogen and oxygen atoms in total. The number of rotatable bonds is 4. The Balaban J connectivity index is 1.69. The van der Waals surface area contributed by atoms with Gasteiger partial charge in [-0.2, -0.15) is 0 Å². The number of carbonyl (C=O) groups excluding carboxylic acids is 1. The SMILES string of the molecule is CN(Cc1ccc(Cl)s1)C(=O)Cc1cc(Cl)c2c(c1)OCCCO2. The predicted molar refractivity (Wildman–Crippen MR) is 96.6 cm³/mol. The van der Waals surface area contributed by atoms with Crippen LogP contribution in [0.15, 0.2) is 24.3 Å². The summed E-state index contributed by atoms with van der Waals surface area (Å²) in [5.41, 5.74) is 0.810. The lowest BCUT2D eigenvalue weighted by molar-refractivity contribution is -0.129. The van der Waals surface area contributed by atoms with Gasteiger partial charge >= 0.3 is 0 Å². The van der Waals surface area contributed by atoms with Crippen molar-refractivity contribution in [3.8, 4) is 11.5 Å². The van der Waals surface area contributed by atoms with E-state index in [1.807, 2.05) is 18.2 Å². The lowest BCUT2D eigenvalue weighted by Crippen LogP contribution is -2.27. The number of nitrogens with zero attached hydrogens (tertiary/aromatic N) is 1. The summed E-state index contributed by atoms with van der Waals surface area (Å²) in [7, 11) is 1.78. The van der Waals surface area contributed by atoms with Crippen LogP contribution in [0.5, 0.6) is 11.5 Å². The van der Waals surface area contributed by atoms with Crippen molar-refractivity contribution in [1.82, 2.24) is 4.90 Å². The molecule has 0 unspecified atom stereocenters. The van der Waals surface area contributed by atoms with E-state index in [1.54, 1.807) is 18.0 Å². The van der Waals surface area contributed by atoms with Crippen molar-refractivity contribution in [2.75, 3.05) is 20.3 Å². The molecule has 2 aromatic rings. The highest BCUT2D eigenvalue weighted by Gasteiger charge is 2.18. The van der Waals surface area contributed by atoms with Crippen molar-refractivity contribution in [2.24, 2.45) is 0 Å². The van der Waals surface area contributed by atoms with Crippen molar-refractivity contribution < 1.29 is 14.3 Å². The Hall–Kier alpha value is -1.43. The van der Waals surface area contributed by atoms with Crippen LogP contribution < -0.4 is 9.47 Å². The summed E-state index contributed by atoms with van der Waals surface area (Å²) in [6.45, 7) is 1.70. The molecule has 1 amide bonds. The first-order valence-corrected chi connectivity index (χ1v) is 9.16. The smallest absolute Gasteiger partial charge is 0.227 e. The molecule has 7 heteroatoms. The average Bonchev–Trinajstić information content (AvgIpc) is 2.80. The first-order chi connectivity index (χ1) is 11.5. The van der Waals surface area contributed by atoms with E-state index in [4.69, 9.17) is 32.7 Å². The maximum absolute atomic E-state index is 12.5. The lowest BCUT2D eigenvalue weighted by atomic mass is 10.1. The van der Waals surface area contributed by atoms with E-state index in [0.717, 1.165) is 21.2 Å². The molecule has 0 N–H and O–H groups in total. The van der Waals surface area contributed by atoms with Crippen LogP contribution in [-0.2, 0) is 17.8 Å². The van der Waals surface area contributed by atoms with Crippen molar-refractivity contribution in [2.45, 2.75) is 19.4 Å². The van der Waals surface area contributed by atoms with Crippen LogP contribution in [0.4, 0.5) is 0 Å². The Morgan fingerprint density at radius 3 is 2.79 bits per heavy atom. The van der Waals surface area contributed by atoms with Gasteiger partial charge in [0.2, 0.25) is 5.91 Å². The van der Waals surface area contributed by atoms with E-state index in [0.29, 0.717) is 36.3 Å². The van der Waals surface area contributed by atoms with Crippen LogP contribution in [0.1, 0.15) is 16.9 Å². The molecule has 0 saturated heterocycles. The van der Waals surface area contributed by atoms with Gasteiger partial charge in [-0.25, -0.2) is 0 Å². The maximum Gasteiger partial charge on any atom is 0.227 e. The second-order valence-corrected chi connectivity index (χ2v) is 7.79. The van der Waals surface area contributed by atoms with Gasteiger partial charge in [0.1, 0.15) is 0 Å². The van der Waals surface area contributed by atoms with Gasteiger partial charge in [-0.1, -0.05) is 23.2 Å². The van der Waals surface area contributed by atoms with E-state index in [2.05, 4.69) is 0 Å². The average molecular weight is 386 g/mol. The first kappa shape index (κ1) is 17.4. The molecule has 1 aromatic carbocycles. The highest BCUT2D eigenvalue weighted by Crippen LogP contribution is 2.38. The van der Waals surface area contributed by atoms with Gasteiger partial charge in [-0.15, -0.1) is 11.3 Å². The minimum Gasteiger partial charge on any atom is -0.489 e. The molecule has 1 aromatic heterocycles. The molecule has 0 saturated carbocycles. The third kappa shape index (κ3) is 4.15. The number of thiophene rings is 1. The molecule has 128 valence electrons. The Morgan fingerprint density at radius 2 is 2.04 bits per heavy atom. The van der Waals surface area contributed by atoms with Crippen LogP contribution in [0.25, 0.3) is 0 Å². The van der Waals surface area contributed by atoms with Gasteiger partial charge < -0.3 is 14.4 Å². The number of fused-ring (bicyclic) bond motifs is 1. The molecule has 0 fully saturated rings. The van der Waals surface area contributed by atoms with Gasteiger partial charge in [0.05, 0.1) is 35.5 Å². The summed E-state index contributed by atoms with van der Waals surface area (Å²) in [5, 5.41) is 0.477. The van der Waals surface area contributed by atoms with Crippen molar-refractivity contribution in [3.05, 3.63) is 44.1 Å². The summed E-state index contributed by atoms with van der Waals surface area (Å²) in [4.78, 5) is 15.2. The fourth-order valence-electron chi connectivity index (χ4n) is 2.45. The molecule has 3 rings (SSSR count). The standard InChI is InChI=1S/C17H17Cl2NO3S/c1-20(10-12-3-4-15(19)24-12)16(21)9-11-7-13(18)17-14(8-11)22-5-2-6-23-17/h3-4,7-8H,2,5-6,9-10H2,1H3. The molecule has 0 atom stereocenters. The van der Waals surface area contributed by atoms with E-state index < -0.39 is 0 Å². The summed E-state index contributed by atoms with van der Waals surface area (Å²) in [5.74, 6) is 1.17. The minimum atomic E-state index is 0.00470. The largest absolute Gasteiger partial charge is 0.489 e. The third-order valence-electron chi connectivity index (χ3n) is 3.66. The molecule has 0 bridgehead atoms. The molecule has 0 aliphatic carbocycles. The molecule has 1 aliphatic rings. The molecule has 2 heterocycles. The van der Waals surface area contributed by atoms with Crippen LogP contribution in [0, 0.1) is 0 Å². The zero-order valence-corrected chi connectivity index (χ0v) is 15.5. The number of hydrogen-bond donors (Lipinski definition) is 0. The summed E-state index contributed by atoms with van der Waals surface area (Å²) >= 11 is 13.7. The van der Waals surface area contributed by atoms with Crippen LogP contribution >= 0.6 is 34.5 Å². The number of carbonyl (C=O) groups is 1. The summed E-state index contributed by atoms with van der Waals surface area (Å²) in [6.07, 6.45) is 1.07. The number of halogens is 2. The van der Waals surface area contributed by atoms with Crippen LogP contribution in [0.2, 0.25) is 9.36 Å². The molecule has 24 heavy (non-hydrogen) atoms. The van der Waals surface area contributed by atoms with Crippen molar-refractivity contribution in [1.29, 1.82) is 0 Å². The van der Waals surface area contributed by atoms with Crippen molar-refractivity contribution in [3.63, 3.8) is 0 Å².